The lowest BCUT2D eigenvalue weighted by molar-refractivity contribution is 0.0821. The predicted octanol–water partition coefficient (Wildman–Crippen LogP) is 0.224. The standard InChI is InChI=1S/C12H21N5O/c1-13-8-5-9-17(4)11-7-6-10(14-15-11)12(18)16(2)3/h6-7,13H,5,8-9H2,1-4H3. The van der Waals surface area contributed by atoms with Crippen LogP contribution in [0.4, 0.5) is 5.82 Å². The minimum atomic E-state index is -0.133. The third-order valence-electron chi connectivity index (χ3n) is 2.59. The third-order valence-corrected chi connectivity index (χ3v) is 2.59. The number of hydrogen-bond donors (Lipinski definition) is 1. The summed E-state index contributed by atoms with van der Waals surface area (Å²) < 4.78 is 0. The fraction of sp³-hybridized carbons (Fsp3) is 0.583. The zero-order valence-electron chi connectivity index (χ0n) is 11.5. The average Bonchev–Trinajstić information content (AvgIpc) is 2.38. The van der Waals surface area contributed by atoms with Gasteiger partial charge in [0.05, 0.1) is 0 Å². The molecule has 0 spiro atoms. The van der Waals surface area contributed by atoms with E-state index in [4.69, 9.17) is 0 Å². The fourth-order valence-corrected chi connectivity index (χ4v) is 1.48. The van der Waals surface area contributed by atoms with Crippen molar-refractivity contribution in [3.05, 3.63) is 17.8 Å². The first-order valence-electron chi connectivity index (χ1n) is 5.97. The van der Waals surface area contributed by atoms with Gasteiger partial charge in [-0.05, 0) is 32.1 Å². The Morgan fingerprint density at radius 1 is 1.28 bits per heavy atom. The average molecular weight is 251 g/mol. The Bertz CT molecular complexity index is 377. The largest absolute Gasteiger partial charge is 0.358 e. The van der Waals surface area contributed by atoms with Gasteiger partial charge in [-0.15, -0.1) is 10.2 Å². The highest BCUT2D eigenvalue weighted by molar-refractivity contribution is 5.91. The van der Waals surface area contributed by atoms with Crippen molar-refractivity contribution in [1.82, 2.24) is 20.4 Å². The van der Waals surface area contributed by atoms with Crippen molar-refractivity contribution in [2.75, 3.05) is 46.2 Å². The van der Waals surface area contributed by atoms with Gasteiger partial charge in [0.25, 0.3) is 5.91 Å². The molecule has 1 heterocycles. The number of anilines is 1. The molecular weight excluding hydrogens is 230 g/mol. The van der Waals surface area contributed by atoms with Gasteiger partial charge in [0.1, 0.15) is 0 Å². The fourth-order valence-electron chi connectivity index (χ4n) is 1.48. The molecule has 6 nitrogen and oxygen atoms in total. The highest BCUT2D eigenvalue weighted by Crippen LogP contribution is 2.08. The Hall–Kier alpha value is -1.69. The second-order valence-corrected chi connectivity index (χ2v) is 4.36. The molecule has 0 fully saturated rings. The number of carbonyl (C=O) groups excluding carboxylic acids is 1. The van der Waals surface area contributed by atoms with E-state index in [-0.39, 0.29) is 5.91 Å². The van der Waals surface area contributed by atoms with E-state index >= 15 is 0 Å². The van der Waals surface area contributed by atoms with Crippen LogP contribution in [0.3, 0.4) is 0 Å². The molecule has 1 N–H and O–H groups in total. The molecule has 100 valence electrons. The van der Waals surface area contributed by atoms with Crippen molar-refractivity contribution < 1.29 is 4.79 Å². The van der Waals surface area contributed by atoms with Crippen LogP contribution in [0.15, 0.2) is 12.1 Å². The van der Waals surface area contributed by atoms with E-state index in [1.807, 2.05) is 25.1 Å². The number of hydrogen-bond acceptors (Lipinski definition) is 5. The second kappa shape index (κ2) is 6.90. The Balaban J connectivity index is 2.62. The lowest BCUT2D eigenvalue weighted by Crippen LogP contribution is -2.25. The molecule has 6 heteroatoms. The number of rotatable bonds is 6. The van der Waals surface area contributed by atoms with Crippen LogP contribution in [-0.4, -0.2) is 62.3 Å². The molecule has 0 aliphatic carbocycles. The summed E-state index contributed by atoms with van der Waals surface area (Å²) >= 11 is 0. The molecular formula is C12H21N5O. The van der Waals surface area contributed by atoms with Gasteiger partial charge in [0.2, 0.25) is 0 Å². The summed E-state index contributed by atoms with van der Waals surface area (Å²) in [5, 5.41) is 11.1. The summed E-state index contributed by atoms with van der Waals surface area (Å²) in [6.45, 7) is 1.87. The van der Waals surface area contributed by atoms with Gasteiger partial charge in [-0.3, -0.25) is 4.79 Å². The summed E-state index contributed by atoms with van der Waals surface area (Å²) in [6.07, 6.45) is 1.03. The number of nitrogens with zero attached hydrogens (tertiary/aromatic N) is 4. The highest BCUT2D eigenvalue weighted by Gasteiger charge is 2.11. The molecule has 0 radical (unpaired) electrons. The van der Waals surface area contributed by atoms with Crippen molar-refractivity contribution in [3.63, 3.8) is 0 Å². The topological polar surface area (TPSA) is 61.4 Å². The quantitative estimate of drug-likeness (QED) is 0.733. The minimum absolute atomic E-state index is 0.133. The Morgan fingerprint density at radius 3 is 2.50 bits per heavy atom. The van der Waals surface area contributed by atoms with Gasteiger partial charge in [-0.2, -0.15) is 0 Å². The molecule has 0 saturated carbocycles. The lowest BCUT2D eigenvalue weighted by Gasteiger charge is -2.17. The maximum Gasteiger partial charge on any atom is 0.273 e. The number of carbonyl (C=O) groups is 1. The van der Waals surface area contributed by atoms with Crippen LogP contribution in [0.5, 0.6) is 0 Å². The monoisotopic (exact) mass is 251 g/mol. The lowest BCUT2D eigenvalue weighted by atomic mass is 10.3. The van der Waals surface area contributed by atoms with Crippen LogP contribution in [0, 0.1) is 0 Å². The Morgan fingerprint density at radius 2 is 2.00 bits per heavy atom. The Labute approximate surface area is 108 Å². The maximum atomic E-state index is 11.6. The zero-order valence-corrected chi connectivity index (χ0v) is 11.5. The van der Waals surface area contributed by atoms with Crippen molar-refractivity contribution in [2.45, 2.75) is 6.42 Å². The van der Waals surface area contributed by atoms with E-state index in [9.17, 15) is 4.79 Å². The van der Waals surface area contributed by atoms with Gasteiger partial charge in [-0.25, -0.2) is 0 Å². The van der Waals surface area contributed by atoms with Crippen LogP contribution in [0.25, 0.3) is 0 Å². The van der Waals surface area contributed by atoms with E-state index in [1.165, 1.54) is 4.90 Å². The number of aromatic nitrogens is 2. The van der Waals surface area contributed by atoms with Gasteiger partial charge in [-0.1, -0.05) is 0 Å². The maximum absolute atomic E-state index is 11.6. The van der Waals surface area contributed by atoms with Gasteiger partial charge in [0.15, 0.2) is 11.5 Å². The van der Waals surface area contributed by atoms with E-state index < -0.39 is 0 Å². The van der Waals surface area contributed by atoms with E-state index in [2.05, 4.69) is 15.5 Å². The molecule has 1 amide bonds. The SMILES string of the molecule is CNCCCN(C)c1ccc(C(=O)N(C)C)nn1. The van der Waals surface area contributed by atoms with E-state index in [0.29, 0.717) is 5.69 Å². The number of amides is 1. The van der Waals surface area contributed by atoms with Crippen molar-refractivity contribution in [3.8, 4) is 0 Å². The van der Waals surface area contributed by atoms with Gasteiger partial charge < -0.3 is 15.1 Å². The molecule has 0 aromatic carbocycles. The Kier molecular flexibility index (Phi) is 5.51. The summed E-state index contributed by atoms with van der Waals surface area (Å²) in [6, 6.07) is 3.53. The van der Waals surface area contributed by atoms with E-state index in [1.54, 1.807) is 20.2 Å². The molecule has 18 heavy (non-hydrogen) atoms. The molecule has 0 saturated heterocycles. The summed E-state index contributed by atoms with van der Waals surface area (Å²) in [7, 11) is 7.29. The molecule has 1 aromatic rings. The molecule has 0 aliphatic heterocycles. The summed E-state index contributed by atoms with van der Waals surface area (Å²) in [5.74, 6) is 0.647. The number of nitrogens with one attached hydrogen (secondary N) is 1. The predicted molar refractivity (Wildman–Crippen MR) is 71.9 cm³/mol. The minimum Gasteiger partial charge on any atom is -0.358 e. The summed E-state index contributed by atoms with van der Waals surface area (Å²) in [5.41, 5.74) is 0.368. The van der Waals surface area contributed by atoms with Crippen LogP contribution < -0.4 is 10.2 Å². The molecule has 0 atom stereocenters. The van der Waals surface area contributed by atoms with Crippen LogP contribution in [0.1, 0.15) is 16.9 Å². The van der Waals surface area contributed by atoms with Gasteiger partial charge in [0, 0.05) is 27.7 Å². The van der Waals surface area contributed by atoms with Crippen LogP contribution in [-0.2, 0) is 0 Å². The first-order chi connectivity index (χ1) is 8.56. The normalized spacial score (nSPS) is 10.2. The van der Waals surface area contributed by atoms with Crippen LogP contribution in [0.2, 0.25) is 0 Å². The smallest absolute Gasteiger partial charge is 0.273 e. The van der Waals surface area contributed by atoms with Gasteiger partial charge >= 0.3 is 0 Å². The molecule has 1 aromatic heterocycles. The van der Waals surface area contributed by atoms with Crippen molar-refractivity contribution >= 4 is 11.7 Å². The van der Waals surface area contributed by atoms with Crippen molar-refractivity contribution in [1.29, 1.82) is 0 Å². The van der Waals surface area contributed by atoms with Crippen LogP contribution >= 0.6 is 0 Å². The highest BCUT2D eigenvalue weighted by atomic mass is 16.2. The first kappa shape index (κ1) is 14.4. The van der Waals surface area contributed by atoms with E-state index in [0.717, 1.165) is 25.3 Å². The molecule has 0 aliphatic rings. The third kappa shape index (κ3) is 3.96. The molecule has 0 unspecified atom stereocenters. The first-order valence-corrected chi connectivity index (χ1v) is 5.97. The molecule has 1 rings (SSSR count). The zero-order chi connectivity index (χ0) is 13.5. The van der Waals surface area contributed by atoms with Crippen molar-refractivity contribution in [2.24, 2.45) is 0 Å². The summed E-state index contributed by atoms with van der Waals surface area (Å²) in [4.78, 5) is 15.1. The molecule has 0 bridgehead atoms. The second-order valence-electron chi connectivity index (χ2n) is 4.36.